The summed E-state index contributed by atoms with van der Waals surface area (Å²) in [6, 6.07) is 16.6. The molecule has 6 nitrogen and oxygen atoms in total. The number of para-hydroxylation sites is 1. The Kier molecular flexibility index (Phi) is 5.32. The van der Waals surface area contributed by atoms with Crippen LogP contribution in [0.2, 0.25) is 0 Å². The van der Waals surface area contributed by atoms with Gasteiger partial charge in [-0.15, -0.1) is 0 Å². The lowest BCUT2D eigenvalue weighted by molar-refractivity contribution is 0.306. The highest BCUT2D eigenvalue weighted by atomic mass is 19.1. The van der Waals surface area contributed by atoms with Crippen LogP contribution in [0.1, 0.15) is 5.56 Å². The molecule has 164 valence electrons. The first kappa shape index (κ1) is 20.4. The van der Waals surface area contributed by atoms with Gasteiger partial charge in [0.25, 0.3) is 0 Å². The average Bonchev–Trinajstić information content (AvgIpc) is 3.30. The number of ether oxygens (including phenoxy) is 2. The van der Waals surface area contributed by atoms with Crippen molar-refractivity contribution in [1.29, 1.82) is 0 Å². The molecule has 2 aromatic heterocycles. The van der Waals surface area contributed by atoms with Crippen molar-refractivity contribution in [2.24, 2.45) is 0 Å². The highest BCUT2D eigenvalue weighted by Crippen LogP contribution is 2.26. The van der Waals surface area contributed by atoms with Gasteiger partial charge in [0.15, 0.2) is 11.6 Å². The summed E-state index contributed by atoms with van der Waals surface area (Å²) in [6.07, 6.45) is 4.57. The second-order valence-electron chi connectivity index (χ2n) is 7.18. The van der Waals surface area contributed by atoms with Crippen molar-refractivity contribution in [3.05, 3.63) is 113 Å². The van der Waals surface area contributed by atoms with Crippen molar-refractivity contribution in [3.63, 3.8) is 0 Å². The molecule has 0 unspecified atom stereocenters. The van der Waals surface area contributed by atoms with Gasteiger partial charge in [0.2, 0.25) is 11.2 Å². The summed E-state index contributed by atoms with van der Waals surface area (Å²) in [5.74, 6) is -0.588. The van der Waals surface area contributed by atoms with E-state index in [1.54, 1.807) is 53.5 Å². The van der Waals surface area contributed by atoms with Crippen LogP contribution in [-0.2, 0) is 6.61 Å². The molecule has 0 aliphatic heterocycles. The molecule has 0 aliphatic rings. The smallest absolute Gasteiger partial charge is 0.235 e. The second-order valence-corrected chi connectivity index (χ2v) is 7.18. The normalized spacial score (nSPS) is 11.0. The highest BCUT2D eigenvalue weighted by Gasteiger charge is 2.12. The van der Waals surface area contributed by atoms with Crippen LogP contribution >= 0.6 is 0 Å². The Bertz CT molecular complexity index is 1490. The maximum Gasteiger partial charge on any atom is 0.235 e. The molecule has 0 N–H and O–H groups in total. The second kappa shape index (κ2) is 8.58. The third kappa shape index (κ3) is 4.31. The topological polar surface area (TPSA) is 66.5 Å². The van der Waals surface area contributed by atoms with Gasteiger partial charge in [-0.25, -0.2) is 13.5 Å². The van der Waals surface area contributed by atoms with Crippen LogP contribution in [0.25, 0.3) is 16.7 Å². The van der Waals surface area contributed by atoms with Crippen LogP contribution in [0.3, 0.4) is 0 Å². The van der Waals surface area contributed by atoms with Crippen LogP contribution in [0, 0.1) is 11.6 Å². The molecule has 3 aromatic carbocycles. The fraction of sp³-hybridized carbons (Fsp3) is 0.0400. The highest BCUT2D eigenvalue weighted by molar-refractivity contribution is 5.79. The summed E-state index contributed by atoms with van der Waals surface area (Å²) in [7, 11) is 0. The molecule has 5 rings (SSSR count). The molecule has 0 bridgehead atoms. The first-order valence-corrected chi connectivity index (χ1v) is 9.97. The van der Waals surface area contributed by atoms with Crippen molar-refractivity contribution in [3.8, 4) is 22.9 Å². The monoisotopic (exact) mass is 446 g/mol. The van der Waals surface area contributed by atoms with Crippen molar-refractivity contribution in [1.82, 2.24) is 9.78 Å². The number of nitrogens with zero attached hydrogens (tertiary/aromatic N) is 2. The predicted molar refractivity (Wildman–Crippen MR) is 117 cm³/mol. The predicted octanol–water partition coefficient (Wildman–Crippen LogP) is 5.63. The lowest BCUT2D eigenvalue weighted by Gasteiger charge is -2.08. The molecule has 0 saturated heterocycles. The lowest BCUT2D eigenvalue weighted by atomic mass is 10.2. The number of fused-ring (bicyclic) bond motifs is 1. The van der Waals surface area contributed by atoms with Gasteiger partial charge in [-0.3, -0.25) is 4.79 Å². The van der Waals surface area contributed by atoms with Crippen molar-refractivity contribution < 1.29 is 22.7 Å². The third-order valence-electron chi connectivity index (χ3n) is 4.90. The van der Waals surface area contributed by atoms with Crippen LogP contribution in [0.15, 0.2) is 94.6 Å². The van der Waals surface area contributed by atoms with Crippen LogP contribution in [0.5, 0.6) is 17.2 Å². The molecule has 0 amide bonds. The van der Waals surface area contributed by atoms with E-state index in [0.717, 1.165) is 17.5 Å². The Morgan fingerprint density at radius 1 is 0.970 bits per heavy atom. The summed E-state index contributed by atoms with van der Waals surface area (Å²) in [6.45, 7) is 0.228. The number of aromatic nitrogens is 2. The van der Waals surface area contributed by atoms with Crippen molar-refractivity contribution >= 4 is 11.0 Å². The standard InChI is InChI=1S/C25H16F2N2O4/c26-17-5-7-18(8-6-17)29-13-16(12-28-29)14-31-19-9-10-20-23(11-19)32-15-24(25(20)30)33-22-4-2-1-3-21(22)27/h1-13,15H,14H2. The summed E-state index contributed by atoms with van der Waals surface area (Å²) in [4.78, 5) is 12.7. The molecule has 0 saturated carbocycles. The van der Waals surface area contributed by atoms with E-state index in [1.165, 1.54) is 30.3 Å². The van der Waals surface area contributed by atoms with Gasteiger partial charge in [0.1, 0.15) is 30.0 Å². The maximum atomic E-state index is 13.8. The molecular weight excluding hydrogens is 430 g/mol. The molecule has 5 aromatic rings. The minimum Gasteiger partial charge on any atom is -0.489 e. The van der Waals surface area contributed by atoms with Crippen molar-refractivity contribution in [2.75, 3.05) is 0 Å². The van der Waals surface area contributed by atoms with Crippen LogP contribution < -0.4 is 14.9 Å². The Morgan fingerprint density at radius 2 is 1.79 bits per heavy atom. The Labute approximate surface area is 186 Å². The van der Waals surface area contributed by atoms with Gasteiger partial charge in [-0.1, -0.05) is 12.1 Å². The van der Waals surface area contributed by atoms with E-state index in [9.17, 15) is 13.6 Å². The zero-order chi connectivity index (χ0) is 22.8. The molecule has 2 heterocycles. The van der Waals surface area contributed by atoms with Crippen LogP contribution in [-0.4, -0.2) is 9.78 Å². The Hall–Kier alpha value is -4.46. The molecule has 0 atom stereocenters. The SMILES string of the molecule is O=c1c(Oc2ccccc2F)coc2cc(OCc3cnn(-c4ccc(F)cc4)c3)ccc12. The fourth-order valence-electron chi connectivity index (χ4n) is 3.23. The van der Waals surface area contributed by atoms with E-state index < -0.39 is 11.2 Å². The summed E-state index contributed by atoms with van der Waals surface area (Å²) in [5.41, 5.74) is 1.41. The van der Waals surface area contributed by atoms with E-state index in [4.69, 9.17) is 13.9 Å². The summed E-state index contributed by atoms with van der Waals surface area (Å²) < 4.78 is 45.2. The van der Waals surface area contributed by atoms with Gasteiger partial charge in [-0.05, 0) is 48.5 Å². The number of hydrogen-bond donors (Lipinski definition) is 0. The summed E-state index contributed by atoms with van der Waals surface area (Å²) >= 11 is 0. The van der Waals surface area contributed by atoms with Gasteiger partial charge < -0.3 is 13.9 Å². The number of benzene rings is 3. The Morgan fingerprint density at radius 3 is 2.61 bits per heavy atom. The molecule has 0 radical (unpaired) electrons. The number of hydrogen-bond acceptors (Lipinski definition) is 5. The maximum absolute atomic E-state index is 13.8. The van der Waals surface area contributed by atoms with Gasteiger partial charge >= 0.3 is 0 Å². The minimum absolute atomic E-state index is 0.0645. The van der Waals surface area contributed by atoms with E-state index in [2.05, 4.69) is 5.10 Å². The average molecular weight is 446 g/mol. The molecular formula is C25H16F2N2O4. The van der Waals surface area contributed by atoms with Gasteiger partial charge in [-0.2, -0.15) is 5.10 Å². The quantitative estimate of drug-likeness (QED) is 0.338. The molecule has 33 heavy (non-hydrogen) atoms. The first-order chi connectivity index (χ1) is 16.1. The molecule has 0 aliphatic carbocycles. The van der Waals surface area contributed by atoms with Gasteiger partial charge in [0, 0.05) is 17.8 Å². The van der Waals surface area contributed by atoms with Crippen molar-refractivity contribution in [2.45, 2.75) is 6.61 Å². The zero-order valence-corrected chi connectivity index (χ0v) is 17.1. The zero-order valence-electron chi connectivity index (χ0n) is 17.1. The lowest BCUT2D eigenvalue weighted by Crippen LogP contribution is -2.05. The fourth-order valence-corrected chi connectivity index (χ4v) is 3.23. The van der Waals surface area contributed by atoms with Crippen LogP contribution in [0.4, 0.5) is 8.78 Å². The third-order valence-corrected chi connectivity index (χ3v) is 4.90. The minimum atomic E-state index is -0.580. The number of rotatable bonds is 6. The molecule has 0 spiro atoms. The molecule has 8 heteroatoms. The van der Waals surface area contributed by atoms with E-state index >= 15 is 0 Å². The van der Waals surface area contributed by atoms with E-state index in [1.807, 2.05) is 0 Å². The Balaban J connectivity index is 1.31. The van der Waals surface area contributed by atoms with Gasteiger partial charge in [0.05, 0.1) is 17.3 Å². The summed E-state index contributed by atoms with van der Waals surface area (Å²) in [5, 5.41) is 4.53. The first-order valence-electron chi connectivity index (χ1n) is 9.97. The largest absolute Gasteiger partial charge is 0.489 e. The molecule has 0 fully saturated rings. The number of halogens is 2. The van der Waals surface area contributed by atoms with E-state index in [-0.39, 0.29) is 29.3 Å². The van der Waals surface area contributed by atoms with E-state index in [0.29, 0.717) is 11.3 Å².